The number of ether oxygens (including phenoxy) is 1. The molecule has 22 heavy (non-hydrogen) atoms. The first-order valence-electron chi connectivity index (χ1n) is 7.24. The predicted molar refractivity (Wildman–Crippen MR) is 91.6 cm³/mol. The van der Waals surface area contributed by atoms with Crippen molar-refractivity contribution in [2.45, 2.75) is 13.5 Å². The van der Waals surface area contributed by atoms with Crippen molar-refractivity contribution in [3.05, 3.63) is 64.8 Å². The van der Waals surface area contributed by atoms with Crippen molar-refractivity contribution in [2.24, 2.45) is 4.99 Å². The predicted octanol–water partition coefficient (Wildman–Crippen LogP) is 4.48. The van der Waals surface area contributed by atoms with E-state index < -0.39 is 0 Å². The number of methoxy groups -OCH3 is 1. The highest BCUT2D eigenvalue weighted by atomic mass is 32.1. The summed E-state index contributed by atoms with van der Waals surface area (Å²) in [4.78, 5) is 5.76. The Balaban J connectivity index is 2.05. The molecule has 0 unspecified atom stereocenters. The summed E-state index contributed by atoms with van der Waals surface area (Å²) in [5.41, 5.74) is 3.34. The number of para-hydroxylation sites is 1. The van der Waals surface area contributed by atoms with Crippen molar-refractivity contribution in [3.8, 4) is 17.0 Å². The highest BCUT2D eigenvalue weighted by molar-refractivity contribution is 7.07. The third-order valence-electron chi connectivity index (χ3n) is 3.48. The fourth-order valence-electron chi connectivity index (χ4n) is 2.33. The van der Waals surface area contributed by atoms with Crippen LogP contribution >= 0.6 is 11.3 Å². The van der Waals surface area contributed by atoms with Gasteiger partial charge in [0, 0.05) is 11.9 Å². The van der Waals surface area contributed by atoms with Crippen LogP contribution < -0.4 is 9.54 Å². The van der Waals surface area contributed by atoms with E-state index in [2.05, 4.69) is 29.0 Å². The minimum Gasteiger partial charge on any atom is -0.497 e. The van der Waals surface area contributed by atoms with Crippen LogP contribution in [0.4, 0.5) is 5.69 Å². The molecular formula is C18H18N2OS. The standard InChI is InChI=1S/C18H18N2OS/c1-3-20-17(14-9-11-16(21-2)12-10-14)13-22-18(20)19-15-7-5-4-6-8-15/h4-13H,3H2,1-2H3. The summed E-state index contributed by atoms with van der Waals surface area (Å²) in [6.45, 7) is 3.03. The highest BCUT2D eigenvalue weighted by Crippen LogP contribution is 2.23. The average Bonchev–Trinajstić information content (AvgIpc) is 2.98. The third kappa shape index (κ3) is 2.97. The molecule has 0 atom stereocenters. The molecule has 3 rings (SSSR count). The Morgan fingerprint density at radius 2 is 1.77 bits per heavy atom. The van der Waals surface area contributed by atoms with Gasteiger partial charge in [0.05, 0.1) is 18.5 Å². The van der Waals surface area contributed by atoms with Gasteiger partial charge in [0.15, 0.2) is 4.80 Å². The van der Waals surface area contributed by atoms with Crippen molar-refractivity contribution in [3.63, 3.8) is 0 Å². The minimum absolute atomic E-state index is 0.872. The molecule has 0 aliphatic heterocycles. The highest BCUT2D eigenvalue weighted by Gasteiger charge is 2.07. The van der Waals surface area contributed by atoms with Crippen LogP contribution in [0.15, 0.2) is 65.0 Å². The van der Waals surface area contributed by atoms with Crippen LogP contribution in [0, 0.1) is 0 Å². The van der Waals surface area contributed by atoms with E-state index in [1.54, 1.807) is 18.4 Å². The van der Waals surface area contributed by atoms with Crippen molar-refractivity contribution in [1.29, 1.82) is 0 Å². The summed E-state index contributed by atoms with van der Waals surface area (Å²) in [5.74, 6) is 0.872. The van der Waals surface area contributed by atoms with Crippen LogP contribution in [-0.4, -0.2) is 11.7 Å². The van der Waals surface area contributed by atoms with Gasteiger partial charge in [-0.15, -0.1) is 11.3 Å². The summed E-state index contributed by atoms with van der Waals surface area (Å²) in [6.07, 6.45) is 0. The van der Waals surface area contributed by atoms with E-state index in [1.807, 2.05) is 42.5 Å². The average molecular weight is 310 g/mol. The smallest absolute Gasteiger partial charge is 0.190 e. The molecule has 0 spiro atoms. The number of thiazole rings is 1. The van der Waals surface area contributed by atoms with Gasteiger partial charge in [0.2, 0.25) is 0 Å². The molecule has 112 valence electrons. The Kier molecular flexibility index (Phi) is 4.39. The van der Waals surface area contributed by atoms with E-state index in [4.69, 9.17) is 9.73 Å². The van der Waals surface area contributed by atoms with Crippen LogP contribution in [0.1, 0.15) is 6.92 Å². The van der Waals surface area contributed by atoms with Gasteiger partial charge in [-0.25, -0.2) is 4.99 Å². The Hall–Kier alpha value is -2.33. The van der Waals surface area contributed by atoms with Crippen molar-refractivity contribution in [1.82, 2.24) is 4.57 Å². The SMILES string of the molecule is CCn1c(-c2ccc(OC)cc2)csc1=Nc1ccccc1. The molecule has 3 aromatic rings. The second-order valence-electron chi connectivity index (χ2n) is 4.82. The lowest BCUT2D eigenvalue weighted by molar-refractivity contribution is 0.415. The van der Waals surface area contributed by atoms with Crippen LogP contribution in [0.25, 0.3) is 11.3 Å². The van der Waals surface area contributed by atoms with Crippen molar-refractivity contribution < 1.29 is 4.74 Å². The van der Waals surface area contributed by atoms with Gasteiger partial charge in [0.25, 0.3) is 0 Å². The summed E-state index contributed by atoms with van der Waals surface area (Å²) >= 11 is 1.67. The minimum atomic E-state index is 0.872. The first-order valence-corrected chi connectivity index (χ1v) is 8.12. The second kappa shape index (κ2) is 6.62. The Bertz CT molecular complexity index is 801. The maximum atomic E-state index is 5.22. The number of aromatic nitrogens is 1. The van der Waals surface area contributed by atoms with E-state index in [0.717, 1.165) is 22.8 Å². The lowest BCUT2D eigenvalue weighted by Crippen LogP contribution is -2.14. The van der Waals surface area contributed by atoms with Crippen LogP contribution in [0.3, 0.4) is 0 Å². The van der Waals surface area contributed by atoms with Gasteiger partial charge >= 0.3 is 0 Å². The summed E-state index contributed by atoms with van der Waals surface area (Å²) in [6, 6.07) is 18.2. The van der Waals surface area contributed by atoms with E-state index >= 15 is 0 Å². The number of benzene rings is 2. The van der Waals surface area contributed by atoms with E-state index in [-0.39, 0.29) is 0 Å². The zero-order valence-electron chi connectivity index (χ0n) is 12.7. The maximum Gasteiger partial charge on any atom is 0.190 e. The van der Waals surface area contributed by atoms with Gasteiger partial charge < -0.3 is 9.30 Å². The number of nitrogens with zero attached hydrogens (tertiary/aromatic N) is 2. The Morgan fingerprint density at radius 1 is 1.05 bits per heavy atom. The van der Waals surface area contributed by atoms with Crippen LogP contribution in [0.5, 0.6) is 5.75 Å². The normalized spacial score (nSPS) is 11.6. The molecular weight excluding hydrogens is 292 g/mol. The topological polar surface area (TPSA) is 26.5 Å². The Labute approximate surface area is 134 Å². The van der Waals surface area contributed by atoms with Gasteiger partial charge in [-0.05, 0) is 48.9 Å². The number of rotatable bonds is 4. The molecule has 0 N–H and O–H groups in total. The van der Waals surface area contributed by atoms with E-state index in [0.29, 0.717) is 0 Å². The molecule has 0 radical (unpaired) electrons. The summed E-state index contributed by atoms with van der Waals surface area (Å²) < 4.78 is 7.46. The molecule has 4 heteroatoms. The quantitative estimate of drug-likeness (QED) is 0.698. The van der Waals surface area contributed by atoms with Gasteiger partial charge in [0.1, 0.15) is 5.75 Å². The van der Waals surface area contributed by atoms with Crippen LogP contribution in [-0.2, 0) is 6.54 Å². The van der Waals surface area contributed by atoms with E-state index in [1.165, 1.54) is 11.3 Å². The molecule has 0 bridgehead atoms. The molecule has 0 aliphatic rings. The molecule has 2 aromatic carbocycles. The monoisotopic (exact) mass is 310 g/mol. The molecule has 1 aromatic heterocycles. The van der Waals surface area contributed by atoms with Gasteiger partial charge in [-0.2, -0.15) is 0 Å². The maximum absolute atomic E-state index is 5.22. The molecule has 0 aliphatic carbocycles. The number of hydrogen-bond donors (Lipinski definition) is 0. The Morgan fingerprint density at radius 3 is 2.41 bits per heavy atom. The fraction of sp³-hybridized carbons (Fsp3) is 0.167. The molecule has 3 nitrogen and oxygen atoms in total. The zero-order chi connectivity index (χ0) is 15.4. The summed E-state index contributed by atoms with van der Waals surface area (Å²) in [7, 11) is 1.68. The first-order chi connectivity index (χ1) is 10.8. The second-order valence-corrected chi connectivity index (χ2v) is 5.66. The lowest BCUT2D eigenvalue weighted by Gasteiger charge is -2.07. The first kappa shape index (κ1) is 14.6. The van der Waals surface area contributed by atoms with Gasteiger partial charge in [-0.3, -0.25) is 0 Å². The number of hydrogen-bond acceptors (Lipinski definition) is 3. The van der Waals surface area contributed by atoms with E-state index in [9.17, 15) is 0 Å². The molecule has 1 heterocycles. The molecule has 0 amide bonds. The third-order valence-corrected chi connectivity index (χ3v) is 4.34. The van der Waals surface area contributed by atoms with Gasteiger partial charge in [-0.1, -0.05) is 18.2 Å². The molecule has 0 saturated heterocycles. The molecule has 0 saturated carbocycles. The summed E-state index contributed by atoms with van der Waals surface area (Å²) in [5, 5.41) is 2.16. The zero-order valence-corrected chi connectivity index (χ0v) is 13.5. The van der Waals surface area contributed by atoms with Crippen molar-refractivity contribution in [2.75, 3.05) is 7.11 Å². The van der Waals surface area contributed by atoms with Crippen molar-refractivity contribution >= 4 is 17.0 Å². The lowest BCUT2D eigenvalue weighted by atomic mass is 10.1. The van der Waals surface area contributed by atoms with Crippen LogP contribution in [0.2, 0.25) is 0 Å². The molecule has 0 fully saturated rings. The fourth-order valence-corrected chi connectivity index (χ4v) is 3.32. The largest absolute Gasteiger partial charge is 0.497 e.